The number of nitrogens with zero attached hydrogens (tertiary/aromatic N) is 2. The Bertz CT molecular complexity index is 302. The molecule has 0 aliphatic carbocycles. The van der Waals surface area contributed by atoms with Gasteiger partial charge in [0.2, 0.25) is 0 Å². The third-order valence-corrected chi connectivity index (χ3v) is 2.67. The Kier molecular flexibility index (Phi) is 7.43. The first-order chi connectivity index (χ1) is 8.00. The summed E-state index contributed by atoms with van der Waals surface area (Å²) in [4.78, 5) is 8.93. The predicted octanol–water partition coefficient (Wildman–Crippen LogP) is 2.78. The van der Waals surface area contributed by atoms with Gasteiger partial charge in [0.15, 0.2) is 11.8 Å². The Morgan fingerprint density at radius 3 is 1.61 bits per heavy atom. The Labute approximate surface area is 125 Å². The maximum atomic E-state index is 5.57. The van der Waals surface area contributed by atoms with E-state index in [1.807, 2.05) is 27.7 Å². The first-order valence-electron chi connectivity index (χ1n) is 5.54. The van der Waals surface area contributed by atoms with E-state index in [1.54, 1.807) is 0 Å². The number of aliphatic imine (C=N–C) groups is 2. The second-order valence-electron chi connectivity index (χ2n) is 4.81. The van der Waals surface area contributed by atoms with Crippen LogP contribution in [0, 0.1) is 12.8 Å². The van der Waals surface area contributed by atoms with E-state index in [0.717, 1.165) is 11.8 Å². The van der Waals surface area contributed by atoms with Crippen LogP contribution in [0.2, 0.25) is 0 Å². The SMILES string of the molecule is CC1COC(C(C)(C)C2=NC(C)CO2)=N1.[CH3-].[Cl][Pd+]. The zero-order chi connectivity index (χ0) is 13.1. The van der Waals surface area contributed by atoms with E-state index in [9.17, 15) is 0 Å². The molecule has 0 aromatic rings. The summed E-state index contributed by atoms with van der Waals surface area (Å²) in [7, 11) is 4.49. The molecule has 0 amide bonds. The fraction of sp³-hybridized carbons (Fsp3) is 0.750. The quantitative estimate of drug-likeness (QED) is 0.557. The monoisotopic (exact) mass is 366 g/mol. The topological polar surface area (TPSA) is 43.2 Å². The summed E-state index contributed by atoms with van der Waals surface area (Å²) in [5.74, 6) is 1.51. The number of hydrogen-bond acceptors (Lipinski definition) is 4. The van der Waals surface area contributed by atoms with Crippen molar-refractivity contribution in [3.05, 3.63) is 7.43 Å². The second kappa shape index (κ2) is 7.47. The molecule has 0 aromatic carbocycles. The molecule has 0 fully saturated rings. The van der Waals surface area contributed by atoms with Gasteiger partial charge >= 0.3 is 27.7 Å². The van der Waals surface area contributed by atoms with Crippen LogP contribution in [0.25, 0.3) is 0 Å². The molecule has 0 radical (unpaired) electrons. The van der Waals surface area contributed by atoms with Crippen molar-refractivity contribution >= 4 is 21.3 Å². The minimum atomic E-state index is -0.324. The Hall–Kier alpha value is -0.108. The summed E-state index contributed by atoms with van der Waals surface area (Å²) in [5.41, 5.74) is -0.324. The Morgan fingerprint density at radius 2 is 1.39 bits per heavy atom. The second-order valence-corrected chi connectivity index (χ2v) is 4.81. The molecule has 2 rings (SSSR count). The van der Waals surface area contributed by atoms with Crippen molar-refractivity contribution in [3.8, 4) is 0 Å². The number of hydrogen-bond donors (Lipinski definition) is 0. The minimum absolute atomic E-state index is 0. The van der Waals surface area contributed by atoms with Crippen molar-refractivity contribution in [2.45, 2.75) is 39.8 Å². The van der Waals surface area contributed by atoms with Crippen LogP contribution in [0.15, 0.2) is 9.98 Å². The van der Waals surface area contributed by atoms with E-state index < -0.39 is 0 Å². The van der Waals surface area contributed by atoms with E-state index >= 15 is 0 Å². The molecule has 18 heavy (non-hydrogen) atoms. The number of rotatable bonds is 2. The molecule has 2 atom stereocenters. The van der Waals surface area contributed by atoms with Crippen LogP contribution in [0.1, 0.15) is 27.7 Å². The summed E-state index contributed by atoms with van der Waals surface area (Å²) in [5, 5.41) is 0. The molecule has 0 N–H and O–H groups in total. The van der Waals surface area contributed by atoms with Crippen molar-refractivity contribution in [1.82, 2.24) is 0 Å². The average molecular weight is 367 g/mol. The number of ether oxygens (including phenoxy) is 2. The van der Waals surface area contributed by atoms with Crippen LogP contribution >= 0.6 is 9.53 Å². The third-order valence-electron chi connectivity index (χ3n) is 2.67. The van der Waals surface area contributed by atoms with Gasteiger partial charge in [-0.25, -0.2) is 9.98 Å². The zero-order valence-electron chi connectivity index (χ0n) is 11.5. The van der Waals surface area contributed by atoms with Crippen molar-refractivity contribution in [2.24, 2.45) is 15.4 Å². The molecule has 2 aliphatic heterocycles. The fourth-order valence-corrected chi connectivity index (χ4v) is 1.72. The average Bonchev–Trinajstić information content (AvgIpc) is 2.90. The molecule has 0 saturated carbocycles. The van der Waals surface area contributed by atoms with Gasteiger partial charge in [-0.05, 0) is 27.7 Å². The van der Waals surface area contributed by atoms with Crippen LogP contribution in [0.3, 0.4) is 0 Å². The van der Waals surface area contributed by atoms with Crippen LogP contribution in [0.4, 0.5) is 0 Å². The standard InChI is InChI=1S/C11H18N2O2.CH3.ClH.Pd/c1-7-5-14-9(12-7)11(3,4)10-13-8(2)6-15-10;;;/h7-8H,5-6H2,1-4H3;1H3;1H;/q;-1;;+2/p-1. The van der Waals surface area contributed by atoms with Gasteiger partial charge in [0.1, 0.15) is 18.6 Å². The molecule has 0 bridgehead atoms. The maximum absolute atomic E-state index is 5.57. The van der Waals surface area contributed by atoms with Crippen molar-refractivity contribution in [2.75, 3.05) is 13.2 Å². The number of halogens is 1. The van der Waals surface area contributed by atoms with Gasteiger partial charge in [0.25, 0.3) is 0 Å². The molecule has 0 aromatic heterocycles. The third kappa shape index (κ3) is 3.94. The molecular weight excluding hydrogens is 346 g/mol. The summed E-state index contributed by atoms with van der Waals surface area (Å²) in [6.07, 6.45) is 0. The summed E-state index contributed by atoms with van der Waals surface area (Å²) in [6, 6.07) is 0.498. The van der Waals surface area contributed by atoms with Crippen molar-refractivity contribution in [3.63, 3.8) is 0 Å². The normalized spacial score (nSPS) is 25.9. The van der Waals surface area contributed by atoms with E-state index in [-0.39, 0.29) is 24.9 Å². The van der Waals surface area contributed by atoms with Crippen LogP contribution in [-0.2, 0) is 27.7 Å². The Balaban J connectivity index is 0.000000917. The van der Waals surface area contributed by atoms with E-state index in [4.69, 9.17) is 9.47 Å². The van der Waals surface area contributed by atoms with Gasteiger partial charge in [-0.1, -0.05) is 0 Å². The van der Waals surface area contributed by atoms with Gasteiger partial charge < -0.3 is 16.9 Å². The van der Waals surface area contributed by atoms with Gasteiger partial charge in [0, 0.05) is 0 Å². The molecule has 108 valence electrons. The first-order valence-corrected chi connectivity index (χ1v) is 7.54. The van der Waals surface area contributed by atoms with Crippen LogP contribution in [0.5, 0.6) is 0 Å². The molecule has 0 spiro atoms. The van der Waals surface area contributed by atoms with Crippen LogP contribution in [-0.4, -0.2) is 37.1 Å². The summed E-state index contributed by atoms with van der Waals surface area (Å²) in [6.45, 7) is 9.51. The first kappa shape index (κ1) is 17.9. The van der Waals surface area contributed by atoms with Gasteiger partial charge in [-0.2, -0.15) is 0 Å². The predicted molar refractivity (Wildman–Crippen MR) is 71.7 cm³/mol. The van der Waals surface area contributed by atoms with Gasteiger partial charge in [0.05, 0.1) is 12.1 Å². The molecule has 2 unspecified atom stereocenters. The van der Waals surface area contributed by atoms with Gasteiger partial charge in [-0.3, -0.25) is 0 Å². The van der Waals surface area contributed by atoms with Gasteiger partial charge in [-0.15, -0.1) is 0 Å². The van der Waals surface area contributed by atoms with Crippen molar-refractivity contribution in [1.29, 1.82) is 0 Å². The zero-order valence-corrected chi connectivity index (χ0v) is 13.8. The molecular formula is C12H21ClN2O2Pd. The Morgan fingerprint density at radius 1 is 1.06 bits per heavy atom. The summed E-state index contributed by atoms with van der Waals surface area (Å²) >= 11 is 2.22. The molecule has 4 nitrogen and oxygen atoms in total. The molecule has 6 heteroatoms. The molecule has 0 saturated heterocycles. The molecule has 2 aliphatic rings. The fourth-order valence-electron chi connectivity index (χ4n) is 1.72. The van der Waals surface area contributed by atoms with Crippen LogP contribution < -0.4 is 0 Å². The molecule has 2 heterocycles. The van der Waals surface area contributed by atoms with E-state index in [1.165, 1.54) is 0 Å². The summed E-state index contributed by atoms with van der Waals surface area (Å²) < 4.78 is 11.1. The van der Waals surface area contributed by atoms with E-state index in [0.29, 0.717) is 13.2 Å². The van der Waals surface area contributed by atoms with E-state index in [2.05, 4.69) is 37.7 Å². The van der Waals surface area contributed by atoms with Crippen molar-refractivity contribution < 1.29 is 27.7 Å².